The van der Waals surface area contributed by atoms with Crippen LogP contribution in [0.4, 0.5) is 10.9 Å². The van der Waals surface area contributed by atoms with Crippen LogP contribution in [-0.2, 0) is 9.53 Å². The molecule has 1 amide bonds. The van der Waals surface area contributed by atoms with Crippen molar-refractivity contribution >= 4 is 33.2 Å². The topological polar surface area (TPSA) is 83.8 Å². The summed E-state index contributed by atoms with van der Waals surface area (Å²) in [5.74, 6) is 0.816. The van der Waals surface area contributed by atoms with Crippen molar-refractivity contribution in [1.29, 1.82) is 0 Å². The number of carbonyl (C=O) groups excluding carboxylic acids is 1. The lowest BCUT2D eigenvalue weighted by molar-refractivity contribution is -0.120. The van der Waals surface area contributed by atoms with Gasteiger partial charge in [0.25, 0.3) is 0 Å². The minimum absolute atomic E-state index is 0.0381. The van der Waals surface area contributed by atoms with E-state index in [4.69, 9.17) is 14.8 Å². The van der Waals surface area contributed by atoms with Crippen LogP contribution in [0.25, 0.3) is 16.2 Å². The predicted molar refractivity (Wildman–Crippen MR) is 125 cm³/mol. The van der Waals surface area contributed by atoms with Gasteiger partial charge in [0.1, 0.15) is 5.69 Å². The first-order valence-electron chi connectivity index (χ1n) is 10.6. The molecule has 166 valence electrons. The lowest BCUT2D eigenvalue weighted by Crippen LogP contribution is -2.38. The van der Waals surface area contributed by atoms with Crippen molar-refractivity contribution in [2.24, 2.45) is 0 Å². The molecular formula is C22H30N6O2S. The van der Waals surface area contributed by atoms with Crippen LogP contribution in [-0.4, -0.2) is 58.9 Å². The monoisotopic (exact) mass is 442 g/mol. The average Bonchev–Trinajstić information content (AvgIpc) is 3.44. The van der Waals surface area contributed by atoms with Crippen LogP contribution in [0.3, 0.4) is 0 Å². The van der Waals surface area contributed by atoms with Crippen molar-refractivity contribution in [3.63, 3.8) is 0 Å². The Kier molecular flexibility index (Phi) is 6.15. The van der Waals surface area contributed by atoms with Gasteiger partial charge in [0.05, 0.1) is 12.6 Å². The maximum atomic E-state index is 12.4. The van der Waals surface area contributed by atoms with Crippen molar-refractivity contribution < 1.29 is 9.53 Å². The second-order valence-corrected chi connectivity index (χ2v) is 9.86. The van der Waals surface area contributed by atoms with Crippen molar-refractivity contribution in [3.05, 3.63) is 30.3 Å². The van der Waals surface area contributed by atoms with Gasteiger partial charge in [-0.1, -0.05) is 41.7 Å². The van der Waals surface area contributed by atoms with E-state index in [9.17, 15) is 4.79 Å². The summed E-state index contributed by atoms with van der Waals surface area (Å²) in [7, 11) is 1.87. The van der Waals surface area contributed by atoms with E-state index >= 15 is 0 Å². The van der Waals surface area contributed by atoms with Crippen LogP contribution in [0.5, 0.6) is 0 Å². The molecule has 3 aromatic rings. The van der Waals surface area contributed by atoms with Gasteiger partial charge in [-0.15, -0.1) is 5.10 Å². The first-order valence-corrected chi connectivity index (χ1v) is 11.4. The van der Waals surface area contributed by atoms with Gasteiger partial charge in [-0.25, -0.2) is 4.98 Å². The maximum absolute atomic E-state index is 12.4. The standard InChI is InChI=1S/C22H30N6O2S/c1-22(2,3)25-19-18(15-9-6-5-7-10-15)24-20-28(19)26-21(31-20)27(4)14-17(29)23-13-16-11-8-12-30-16/h5-7,9-10,16,25H,8,11-14H2,1-4H3,(H,23,29)/t16-/m1/s1. The number of nitrogens with zero attached hydrogens (tertiary/aromatic N) is 4. The summed E-state index contributed by atoms with van der Waals surface area (Å²) in [6, 6.07) is 10.1. The molecule has 4 rings (SSSR count). The highest BCUT2D eigenvalue weighted by molar-refractivity contribution is 7.20. The zero-order valence-electron chi connectivity index (χ0n) is 18.5. The van der Waals surface area contributed by atoms with Crippen LogP contribution < -0.4 is 15.5 Å². The fourth-order valence-corrected chi connectivity index (χ4v) is 4.39. The molecule has 1 atom stereocenters. The Balaban J connectivity index is 1.53. The molecule has 31 heavy (non-hydrogen) atoms. The van der Waals surface area contributed by atoms with Crippen LogP contribution in [0.15, 0.2) is 30.3 Å². The zero-order chi connectivity index (χ0) is 22.0. The first-order chi connectivity index (χ1) is 14.8. The summed E-state index contributed by atoms with van der Waals surface area (Å²) in [5.41, 5.74) is 1.75. The van der Waals surface area contributed by atoms with Gasteiger partial charge >= 0.3 is 0 Å². The third kappa shape index (κ3) is 5.16. The Morgan fingerprint density at radius 2 is 2.10 bits per heavy atom. The minimum atomic E-state index is -0.155. The van der Waals surface area contributed by atoms with Crippen LogP contribution in [0, 0.1) is 0 Å². The van der Waals surface area contributed by atoms with E-state index in [1.807, 2.05) is 46.8 Å². The van der Waals surface area contributed by atoms with E-state index in [1.165, 1.54) is 11.3 Å². The van der Waals surface area contributed by atoms with Crippen LogP contribution in [0.1, 0.15) is 33.6 Å². The van der Waals surface area contributed by atoms with Gasteiger partial charge in [-0.05, 0) is 33.6 Å². The molecule has 0 bridgehead atoms. The molecular weight excluding hydrogens is 412 g/mol. The highest BCUT2D eigenvalue weighted by atomic mass is 32.1. The Hall–Kier alpha value is -2.65. The quantitative estimate of drug-likeness (QED) is 0.584. The van der Waals surface area contributed by atoms with Crippen LogP contribution >= 0.6 is 11.3 Å². The second-order valence-electron chi connectivity index (χ2n) is 8.92. The van der Waals surface area contributed by atoms with E-state index in [1.54, 1.807) is 0 Å². The predicted octanol–water partition coefficient (Wildman–Crippen LogP) is 3.40. The van der Waals surface area contributed by atoms with Crippen molar-refractivity contribution in [2.75, 3.05) is 37.0 Å². The smallest absolute Gasteiger partial charge is 0.239 e. The number of hydrogen-bond acceptors (Lipinski definition) is 7. The number of amides is 1. The summed E-state index contributed by atoms with van der Waals surface area (Å²) in [6.45, 7) is 7.91. The minimum Gasteiger partial charge on any atom is -0.376 e. The maximum Gasteiger partial charge on any atom is 0.239 e. The van der Waals surface area contributed by atoms with Gasteiger partial charge in [-0.3, -0.25) is 4.79 Å². The molecule has 1 aromatic carbocycles. The zero-order valence-corrected chi connectivity index (χ0v) is 19.3. The van der Waals surface area contributed by atoms with Gasteiger partial charge < -0.3 is 20.3 Å². The summed E-state index contributed by atoms with van der Waals surface area (Å²) in [5, 5.41) is 12.0. The molecule has 9 heteroatoms. The van der Waals surface area contributed by atoms with Crippen molar-refractivity contribution in [1.82, 2.24) is 19.9 Å². The third-order valence-corrected chi connectivity index (χ3v) is 6.01. The Bertz CT molecular complexity index is 1030. The second kappa shape index (κ2) is 8.84. The highest BCUT2D eigenvalue weighted by Crippen LogP contribution is 2.34. The number of hydrogen-bond donors (Lipinski definition) is 2. The van der Waals surface area contributed by atoms with E-state index < -0.39 is 0 Å². The number of fused-ring (bicyclic) bond motifs is 1. The molecule has 0 spiro atoms. The lowest BCUT2D eigenvalue weighted by Gasteiger charge is -2.22. The van der Waals surface area contributed by atoms with E-state index in [2.05, 4.69) is 31.4 Å². The number of nitrogens with one attached hydrogen (secondary N) is 2. The van der Waals surface area contributed by atoms with Crippen LogP contribution in [0.2, 0.25) is 0 Å². The summed E-state index contributed by atoms with van der Waals surface area (Å²) >= 11 is 1.47. The number of anilines is 2. The molecule has 0 saturated carbocycles. The number of imidazole rings is 1. The van der Waals surface area contributed by atoms with E-state index in [0.717, 1.165) is 46.6 Å². The molecule has 0 aliphatic carbocycles. The van der Waals surface area contributed by atoms with Gasteiger partial charge in [0.2, 0.25) is 16.0 Å². The Morgan fingerprint density at radius 3 is 2.77 bits per heavy atom. The summed E-state index contributed by atoms with van der Waals surface area (Å²) in [4.78, 5) is 19.9. The number of carbonyl (C=O) groups is 1. The molecule has 1 saturated heterocycles. The fourth-order valence-electron chi connectivity index (χ4n) is 3.53. The van der Waals surface area contributed by atoms with Crippen molar-refractivity contribution in [3.8, 4) is 11.3 Å². The average molecular weight is 443 g/mol. The molecule has 8 nitrogen and oxygen atoms in total. The van der Waals surface area contributed by atoms with E-state index in [0.29, 0.717) is 6.54 Å². The molecule has 0 unspecified atom stereocenters. The molecule has 1 aliphatic rings. The molecule has 0 radical (unpaired) electrons. The van der Waals surface area contributed by atoms with Crippen molar-refractivity contribution in [2.45, 2.75) is 45.3 Å². The summed E-state index contributed by atoms with van der Waals surface area (Å²) < 4.78 is 7.41. The Labute approximate surface area is 186 Å². The lowest BCUT2D eigenvalue weighted by atomic mass is 10.1. The molecule has 2 N–H and O–H groups in total. The highest BCUT2D eigenvalue weighted by Gasteiger charge is 2.23. The molecule has 3 heterocycles. The Morgan fingerprint density at radius 1 is 1.32 bits per heavy atom. The fraction of sp³-hybridized carbons (Fsp3) is 0.500. The number of benzene rings is 1. The largest absolute Gasteiger partial charge is 0.376 e. The van der Waals surface area contributed by atoms with Gasteiger partial charge in [-0.2, -0.15) is 4.52 Å². The normalized spacial score (nSPS) is 16.6. The molecule has 1 fully saturated rings. The molecule has 1 aliphatic heterocycles. The van der Waals surface area contributed by atoms with Gasteiger partial charge in [0.15, 0.2) is 5.82 Å². The van der Waals surface area contributed by atoms with Gasteiger partial charge in [0, 0.05) is 31.3 Å². The number of aromatic nitrogens is 3. The number of ether oxygens (including phenoxy) is 1. The third-order valence-electron chi connectivity index (χ3n) is 4.99. The SMILES string of the molecule is CN(CC(=O)NC[C@H]1CCCO1)c1nn2c(NC(C)(C)C)c(-c3ccccc3)nc2s1. The van der Waals surface area contributed by atoms with E-state index in [-0.39, 0.29) is 24.1 Å². The number of likely N-dealkylation sites (N-methyl/N-ethyl adjacent to an activating group) is 1. The first kappa shape index (κ1) is 21.6. The number of rotatable bonds is 7. The molecule has 2 aromatic heterocycles. The summed E-state index contributed by atoms with van der Waals surface area (Å²) in [6.07, 6.45) is 2.21.